The number of likely N-dealkylation sites (N-methyl/N-ethyl adjacent to an activating group) is 1. The lowest BCUT2D eigenvalue weighted by Crippen LogP contribution is -2.28. The van der Waals surface area contributed by atoms with Crippen LogP contribution in [0, 0.1) is 24.0 Å². The summed E-state index contributed by atoms with van der Waals surface area (Å²) in [5.41, 5.74) is 2.93. The predicted octanol–water partition coefficient (Wildman–Crippen LogP) is 4.54. The molecule has 8 heteroatoms. The molecule has 0 aliphatic carbocycles. The summed E-state index contributed by atoms with van der Waals surface area (Å²) in [5.74, 6) is -0.613. The first-order valence-corrected chi connectivity index (χ1v) is 9.47. The van der Waals surface area contributed by atoms with E-state index in [2.05, 4.69) is 0 Å². The molecule has 1 N–H and O–H groups in total. The minimum atomic E-state index is -0.660. The number of aromatic hydroxyl groups is 1. The summed E-state index contributed by atoms with van der Waals surface area (Å²) < 4.78 is 0. The Bertz CT molecular complexity index is 1010. The van der Waals surface area contributed by atoms with Gasteiger partial charge in [-0.15, -0.1) is 0 Å². The van der Waals surface area contributed by atoms with Crippen LogP contribution in [0.2, 0.25) is 0 Å². The number of hydrogen-bond donors (Lipinski definition) is 1. The van der Waals surface area contributed by atoms with Crippen LogP contribution < -0.4 is 0 Å². The van der Waals surface area contributed by atoms with E-state index < -0.39 is 16.4 Å². The first-order chi connectivity index (χ1) is 13.3. The van der Waals surface area contributed by atoms with Crippen LogP contribution in [0.15, 0.2) is 46.3 Å². The average molecular weight is 397 g/mol. The number of aryl methyl sites for hydroxylation is 2. The van der Waals surface area contributed by atoms with E-state index in [1.807, 2.05) is 39.0 Å². The molecule has 1 saturated heterocycles. The number of phenols is 1. The van der Waals surface area contributed by atoms with Crippen LogP contribution in [0.3, 0.4) is 0 Å². The molecule has 0 atom stereocenters. The maximum absolute atomic E-state index is 12.8. The van der Waals surface area contributed by atoms with Crippen LogP contribution in [-0.4, -0.2) is 32.5 Å². The molecule has 0 saturated carbocycles. The molecule has 0 radical (unpaired) electrons. The molecule has 1 aliphatic heterocycles. The zero-order valence-corrected chi connectivity index (χ0v) is 16.5. The number of phenolic OH excluding ortho intramolecular Hbond substituents is 1. The molecule has 2 aromatic carbocycles. The van der Waals surface area contributed by atoms with Gasteiger partial charge in [0.2, 0.25) is 0 Å². The number of thioether (sulfide) groups is 1. The van der Waals surface area contributed by atoms with Gasteiger partial charge in [-0.3, -0.25) is 19.8 Å². The second kappa shape index (κ2) is 7.85. The molecule has 0 spiro atoms. The third-order valence-electron chi connectivity index (χ3n) is 4.35. The third kappa shape index (κ3) is 3.77. The second-order valence-electron chi connectivity index (χ2n) is 6.30. The number of nitro groups is 1. The Morgan fingerprint density at radius 2 is 1.93 bits per heavy atom. The van der Waals surface area contributed by atoms with Crippen molar-refractivity contribution in [2.75, 3.05) is 6.54 Å². The summed E-state index contributed by atoms with van der Waals surface area (Å²) in [7, 11) is 0. The second-order valence-corrected chi connectivity index (χ2v) is 7.31. The van der Waals surface area contributed by atoms with Crippen molar-refractivity contribution >= 4 is 40.3 Å². The smallest absolute Gasteiger partial charge is 0.311 e. The van der Waals surface area contributed by atoms with Gasteiger partial charge in [-0.2, -0.15) is 0 Å². The fourth-order valence-corrected chi connectivity index (χ4v) is 3.92. The van der Waals surface area contributed by atoms with Crippen LogP contribution in [-0.2, 0) is 4.79 Å². The number of amidine groups is 1. The Kier molecular flexibility index (Phi) is 5.51. The van der Waals surface area contributed by atoms with Crippen LogP contribution >= 0.6 is 11.8 Å². The molecule has 2 aromatic rings. The topological polar surface area (TPSA) is 96.0 Å². The van der Waals surface area contributed by atoms with Gasteiger partial charge in [-0.25, -0.2) is 4.99 Å². The molecule has 1 fully saturated rings. The molecule has 1 amide bonds. The normalized spacial score (nSPS) is 17.0. The van der Waals surface area contributed by atoms with E-state index in [0.717, 1.165) is 16.8 Å². The number of benzene rings is 2. The minimum absolute atomic E-state index is 0.201. The van der Waals surface area contributed by atoms with E-state index in [4.69, 9.17) is 4.99 Å². The molecular weight excluding hydrogens is 378 g/mol. The number of rotatable bonds is 4. The maximum Gasteiger partial charge on any atom is 0.311 e. The summed E-state index contributed by atoms with van der Waals surface area (Å²) in [6.07, 6.45) is 1.58. The van der Waals surface area contributed by atoms with Crippen molar-refractivity contribution in [2.24, 2.45) is 4.99 Å². The molecule has 7 nitrogen and oxygen atoms in total. The molecule has 3 rings (SSSR count). The number of aliphatic imine (C=N–C) groups is 1. The Balaban J connectivity index is 2.00. The Morgan fingerprint density at radius 3 is 2.54 bits per heavy atom. The Morgan fingerprint density at radius 1 is 1.25 bits per heavy atom. The standard InChI is InChI=1S/C20H19N3O4S/c1-4-22-19(25)17(11-14-8-9-16(24)15(10-14)23(26)27)28-20(22)21-18-12(2)6-5-7-13(18)3/h5-11,24H,4H2,1-3H3/b17-11+,21-20?. The van der Waals surface area contributed by atoms with Crippen molar-refractivity contribution in [3.63, 3.8) is 0 Å². The fourth-order valence-electron chi connectivity index (χ4n) is 2.88. The predicted molar refractivity (Wildman–Crippen MR) is 111 cm³/mol. The van der Waals surface area contributed by atoms with Crippen LogP contribution in [0.25, 0.3) is 6.08 Å². The molecule has 28 heavy (non-hydrogen) atoms. The van der Waals surface area contributed by atoms with Crippen molar-refractivity contribution < 1.29 is 14.8 Å². The SMILES string of the molecule is CCN1C(=O)/C(=C\c2ccc(O)c([N+](=O)[O-])c2)SC1=Nc1c(C)cccc1C. The van der Waals surface area contributed by atoms with Crippen LogP contribution in [0.1, 0.15) is 23.6 Å². The van der Waals surface area contributed by atoms with Gasteiger partial charge < -0.3 is 5.11 Å². The highest BCUT2D eigenvalue weighted by molar-refractivity contribution is 8.18. The van der Waals surface area contributed by atoms with Crippen LogP contribution in [0.4, 0.5) is 11.4 Å². The lowest BCUT2D eigenvalue weighted by molar-refractivity contribution is -0.385. The van der Waals surface area contributed by atoms with Crippen molar-refractivity contribution in [1.29, 1.82) is 0 Å². The van der Waals surface area contributed by atoms with Gasteiger partial charge in [0.1, 0.15) is 0 Å². The number of amides is 1. The van der Waals surface area contributed by atoms with Crippen LogP contribution in [0.5, 0.6) is 5.75 Å². The van der Waals surface area contributed by atoms with E-state index in [0.29, 0.717) is 22.2 Å². The molecule has 144 valence electrons. The maximum atomic E-state index is 12.8. The summed E-state index contributed by atoms with van der Waals surface area (Å²) in [6, 6.07) is 9.92. The van der Waals surface area contributed by atoms with Gasteiger partial charge in [0.05, 0.1) is 15.5 Å². The van der Waals surface area contributed by atoms with Gasteiger partial charge in [0.25, 0.3) is 5.91 Å². The third-order valence-corrected chi connectivity index (χ3v) is 5.35. The first kappa shape index (κ1) is 19.6. The lowest BCUT2D eigenvalue weighted by Gasteiger charge is -2.13. The summed E-state index contributed by atoms with van der Waals surface area (Å²) in [5, 5.41) is 21.2. The minimum Gasteiger partial charge on any atom is -0.502 e. The zero-order chi connectivity index (χ0) is 20.4. The van der Waals surface area contributed by atoms with Gasteiger partial charge in [0.15, 0.2) is 10.9 Å². The highest BCUT2D eigenvalue weighted by atomic mass is 32.2. The number of nitrogens with zero attached hydrogens (tertiary/aromatic N) is 3. The Hall–Kier alpha value is -3.13. The average Bonchev–Trinajstić information content (AvgIpc) is 2.94. The number of carbonyl (C=O) groups excluding carboxylic acids is 1. The highest BCUT2D eigenvalue weighted by Gasteiger charge is 2.32. The molecule has 1 heterocycles. The van der Waals surface area contributed by atoms with Gasteiger partial charge in [-0.1, -0.05) is 24.3 Å². The number of para-hydroxylation sites is 1. The van der Waals surface area contributed by atoms with Crippen molar-refractivity contribution in [2.45, 2.75) is 20.8 Å². The van der Waals surface area contributed by atoms with Gasteiger partial charge in [0, 0.05) is 12.6 Å². The summed E-state index contributed by atoms with van der Waals surface area (Å²) in [4.78, 5) is 29.8. The van der Waals surface area contributed by atoms with E-state index in [1.165, 1.54) is 30.0 Å². The van der Waals surface area contributed by atoms with E-state index in [1.54, 1.807) is 11.0 Å². The van der Waals surface area contributed by atoms with Gasteiger partial charge in [-0.05, 0) is 61.4 Å². The zero-order valence-electron chi connectivity index (χ0n) is 15.7. The Labute approximate surface area is 166 Å². The first-order valence-electron chi connectivity index (χ1n) is 8.65. The largest absolute Gasteiger partial charge is 0.502 e. The highest BCUT2D eigenvalue weighted by Crippen LogP contribution is 2.36. The monoisotopic (exact) mass is 397 g/mol. The molecule has 0 aromatic heterocycles. The molecule has 1 aliphatic rings. The fraction of sp³-hybridized carbons (Fsp3) is 0.200. The van der Waals surface area contributed by atoms with Crippen molar-refractivity contribution in [3.05, 3.63) is 68.1 Å². The quantitative estimate of drug-likeness (QED) is 0.464. The summed E-state index contributed by atoms with van der Waals surface area (Å²) >= 11 is 1.23. The molecule has 0 bridgehead atoms. The van der Waals surface area contributed by atoms with E-state index in [9.17, 15) is 20.0 Å². The summed E-state index contributed by atoms with van der Waals surface area (Å²) in [6.45, 7) is 6.27. The molecular formula is C20H19N3O4S. The number of hydrogen-bond acceptors (Lipinski definition) is 6. The number of nitro benzene ring substituents is 1. The van der Waals surface area contributed by atoms with E-state index in [-0.39, 0.29) is 5.91 Å². The van der Waals surface area contributed by atoms with Crippen molar-refractivity contribution in [1.82, 2.24) is 4.90 Å². The van der Waals surface area contributed by atoms with E-state index >= 15 is 0 Å². The number of carbonyl (C=O) groups is 1. The lowest BCUT2D eigenvalue weighted by atomic mass is 10.1. The molecule has 0 unspecified atom stereocenters. The van der Waals surface area contributed by atoms with Gasteiger partial charge >= 0.3 is 5.69 Å². The van der Waals surface area contributed by atoms with Crippen molar-refractivity contribution in [3.8, 4) is 5.75 Å².